The molecule has 0 aliphatic heterocycles. The molecule has 3 nitrogen and oxygen atoms in total. The lowest BCUT2D eigenvalue weighted by Crippen LogP contribution is -2.27. The van der Waals surface area contributed by atoms with Gasteiger partial charge in [-0.3, -0.25) is 0 Å². The standard InChI is InChI=1S/C16H26O3/c1-6-12(7-2)14(17)15(18)13-9-8-10(3)11(4)16(13)19-5/h8-9,12,14-15,17-18H,6-7H2,1-5H3. The lowest BCUT2D eigenvalue weighted by Gasteiger charge is -2.27. The first-order valence-corrected chi connectivity index (χ1v) is 6.98. The Bertz CT molecular complexity index is 411. The van der Waals surface area contributed by atoms with Gasteiger partial charge in [0.25, 0.3) is 0 Å². The molecule has 1 aromatic rings. The molecular weight excluding hydrogens is 240 g/mol. The molecule has 2 unspecified atom stereocenters. The van der Waals surface area contributed by atoms with Crippen LogP contribution >= 0.6 is 0 Å². The molecule has 1 rings (SSSR count). The van der Waals surface area contributed by atoms with Crippen LogP contribution in [0.4, 0.5) is 0 Å². The minimum atomic E-state index is -0.904. The molecule has 2 atom stereocenters. The van der Waals surface area contributed by atoms with Gasteiger partial charge in [-0.05, 0) is 30.9 Å². The number of methoxy groups -OCH3 is 1. The Kier molecular flexibility index (Phi) is 5.83. The van der Waals surface area contributed by atoms with Crippen molar-refractivity contribution in [2.24, 2.45) is 5.92 Å². The summed E-state index contributed by atoms with van der Waals surface area (Å²) < 4.78 is 5.40. The third-order valence-electron chi connectivity index (χ3n) is 4.09. The van der Waals surface area contributed by atoms with Gasteiger partial charge in [0, 0.05) is 5.56 Å². The zero-order valence-electron chi connectivity index (χ0n) is 12.6. The van der Waals surface area contributed by atoms with Gasteiger partial charge in [0.2, 0.25) is 0 Å². The van der Waals surface area contributed by atoms with E-state index in [2.05, 4.69) is 0 Å². The third-order valence-corrected chi connectivity index (χ3v) is 4.09. The third kappa shape index (κ3) is 3.28. The Morgan fingerprint density at radius 2 is 1.68 bits per heavy atom. The molecule has 2 N–H and O–H groups in total. The first kappa shape index (κ1) is 16.0. The molecular formula is C16H26O3. The molecule has 0 aliphatic rings. The van der Waals surface area contributed by atoms with Crippen LogP contribution in [0.5, 0.6) is 5.75 Å². The number of aliphatic hydroxyl groups excluding tert-OH is 2. The van der Waals surface area contributed by atoms with Crippen molar-refractivity contribution in [2.75, 3.05) is 7.11 Å². The van der Waals surface area contributed by atoms with Crippen LogP contribution in [0.1, 0.15) is 49.5 Å². The van der Waals surface area contributed by atoms with E-state index >= 15 is 0 Å². The summed E-state index contributed by atoms with van der Waals surface area (Å²) in [6, 6.07) is 3.80. The van der Waals surface area contributed by atoms with Gasteiger partial charge in [0.05, 0.1) is 13.2 Å². The summed E-state index contributed by atoms with van der Waals surface area (Å²) in [5.41, 5.74) is 2.80. The molecule has 0 spiro atoms. The molecule has 0 saturated carbocycles. The van der Waals surface area contributed by atoms with Crippen molar-refractivity contribution in [1.82, 2.24) is 0 Å². The van der Waals surface area contributed by atoms with E-state index < -0.39 is 12.2 Å². The zero-order chi connectivity index (χ0) is 14.6. The zero-order valence-corrected chi connectivity index (χ0v) is 12.6. The number of rotatable bonds is 6. The number of aliphatic hydroxyl groups is 2. The van der Waals surface area contributed by atoms with Crippen molar-refractivity contribution >= 4 is 0 Å². The molecule has 1 aromatic carbocycles. The Balaban J connectivity index is 3.12. The molecule has 0 amide bonds. The highest BCUT2D eigenvalue weighted by Gasteiger charge is 2.28. The molecule has 0 saturated heterocycles. The van der Waals surface area contributed by atoms with Crippen molar-refractivity contribution in [3.63, 3.8) is 0 Å². The fourth-order valence-corrected chi connectivity index (χ4v) is 2.53. The minimum Gasteiger partial charge on any atom is -0.496 e. The monoisotopic (exact) mass is 266 g/mol. The molecule has 0 heterocycles. The van der Waals surface area contributed by atoms with Gasteiger partial charge in [0.15, 0.2) is 0 Å². The van der Waals surface area contributed by atoms with Gasteiger partial charge in [-0.2, -0.15) is 0 Å². The van der Waals surface area contributed by atoms with Gasteiger partial charge in [-0.25, -0.2) is 0 Å². The van der Waals surface area contributed by atoms with Gasteiger partial charge >= 0.3 is 0 Å². The van der Waals surface area contributed by atoms with Crippen LogP contribution in [0.3, 0.4) is 0 Å². The van der Waals surface area contributed by atoms with Crippen LogP contribution in [0, 0.1) is 19.8 Å². The summed E-state index contributed by atoms with van der Waals surface area (Å²) >= 11 is 0. The number of ether oxygens (including phenoxy) is 1. The fourth-order valence-electron chi connectivity index (χ4n) is 2.53. The smallest absolute Gasteiger partial charge is 0.127 e. The van der Waals surface area contributed by atoms with Gasteiger partial charge in [-0.1, -0.05) is 38.8 Å². The largest absolute Gasteiger partial charge is 0.496 e. The maximum atomic E-state index is 10.4. The first-order valence-electron chi connectivity index (χ1n) is 6.98. The predicted molar refractivity (Wildman–Crippen MR) is 77.5 cm³/mol. The highest BCUT2D eigenvalue weighted by molar-refractivity contribution is 5.46. The molecule has 3 heteroatoms. The normalized spacial score (nSPS) is 14.5. The second-order valence-corrected chi connectivity index (χ2v) is 5.14. The van der Waals surface area contributed by atoms with Gasteiger partial charge < -0.3 is 14.9 Å². The first-order chi connectivity index (χ1) is 8.97. The van der Waals surface area contributed by atoms with Crippen molar-refractivity contribution in [1.29, 1.82) is 0 Å². The topological polar surface area (TPSA) is 49.7 Å². The van der Waals surface area contributed by atoms with E-state index in [4.69, 9.17) is 4.74 Å². The maximum absolute atomic E-state index is 10.4. The van der Waals surface area contributed by atoms with E-state index in [9.17, 15) is 10.2 Å². The van der Waals surface area contributed by atoms with E-state index in [1.807, 2.05) is 39.8 Å². The van der Waals surface area contributed by atoms with E-state index in [0.717, 1.165) is 24.0 Å². The Morgan fingerprint density at radius 1 is 1.11 bits per heavy atom. The molecule has 0 radical (unpaired) electrons. The molecule has 0 bridgehead atoms. The molecule has 0 fully saturated rings. The lowest BCUT2D eigenvalue weighted by molar-refractivity contribution is -0.0219. The van der Waals surface area contributed by atoms with Crippen LogP contribution < -0.4 is 4.74 Å². The Hall–Kier alpha value is -1.06. The van der Waals surface area contributed by atoms with E-state index in [1.165, 1.54) is 0 Å². The van der Waals surface area contributed by atoms with Crippen molar-refractivity contribution in [3.05, 3.63) is 28.8 Å². The second kappa shape index (κ2) is 6.92. The van der Waals surface area contributed by atoms with Crippen LogP contribution in [0.15, 0.2) is 12.1 Å². The second-order valence-electron chi connectivity index (χ2n) is 5.14. The summed E-state index contributed by atoms with van der Waals surface area (Å²) in [7, 11) is 1.60. The number of benzene rings is 1. The van der Waals surface area contributed by atoms with Crippen molar-refractivity contribution in [2.45, 2.75) is 52.7 Å². The SMILES string of the molecule is CCC(CC)C(O)C(O)c1ccc(C)c(C)c1OC. The Morgan fingerprint density at radius 3 is 2.16 bits per heavy atom. The highest BCUT2D eigenvalue weighted by atomic mass is 16.5. The van der Waals surface area contributed by atoms with Gasteiger partial charge in [-0.15, -0.1) is 0 Å². The average molecular weight is 266 g/mol. The summed E-state index contributed by atoms with van der Waals surface area (Å²) in [4.78, 5) is 0. The van der Waals surface area contributed by atoms with Crippen LogP contribution in [0.2, 0.25) is 0 Å². The van der Waals surface area contributed by atoms with Crippen LogP contribution in [-0.4, -0.2) is 23.4 Å². The van der Waals surface area contributed by atoms with Crippen LogP contribution in [-0.2, 0) is 0 Å². The molecule has 0 aliphatic carbocycles. The van der Waals surface area contributed by atoms with E-state index in [-0.39, 0.29) is 5.92 Å². The van der Waals surface area contributed by atoms with Crippen LogP contribution in [0.25, 0.3) is 0 Å². The summed E-state index contributed by atoms with van der Waals surface area (Å²) in [5, 5.41) is 20.7. The van der Waals surface area contributed by atoms with Crippen molar-refractivity contribution < 1.29 is 14.9 Å². The highest BCUT2D eigenvalue weighted by Crippen LogP contribution is 2.35. The number of aryl methyl sites for hydroxylation is 1. The van der Waals surface area contributed by atoms with Crippen molar-refractivity contribution in [3.8, 4) is 5.75 Å². The Labute approximate surface area is 116 Å². The van der Waals surface area contributed by atoms with E-state index in [0.29, 0.717) is 11.3 Å². The average Bonchev–Trinajstić information content (AvgIpc) is 2.42. The maximum Gasteiger partial charge on any atom is 0.127 e. The summed E-state index contributed by atoms with van der Waals surface area (Å²) in [5.74, 6) is 0.777. The molecule has 0 aromatic heterocycles. The summed E-state index contributed by atoms with van der Waals surface area (Å²) in [6.07, 6.45) is 0.0363. The van der Waals surface area contributed by atoms with Gasteiger partial charge in [0.1, 0.15) is 11.9 Å². The number of hydrogen-bond donors (Lipinski definition) is 2. The molecule has 19 heavy (non-hydrogen) atoms. The predicted octanol–water partition coefficient (Wildman–Crippen LogP) is 3.14. The van der Waals surface area contributed by atoms with E-state index in [1.54, 1.807) is 7.11 Å². The fraction of sp³-hybridized carbons (Fsp3) is 0.625. The quantitative estimate of drug-likeness (QED) is 0.831. The minimum absolute atomic E-state index is 0.0984. The molecule has 108 valence electrons. The number of hydrogen-bond acceptors (Lipinski definition) is 3. The lowest BCUT2D eigenvalue weighted by atomic mass is 9.88. The summed E-state index contributed by atoms with van der Waals surface area (Å²) in [6.45, 7) is 8.03.